The third-order valence-corrected chi connectivity index (χ3v) is 2.86. The SMILES string of the molecule is COc1cccc(-c2nnnn2C(C)C(=O)O)c1OC. The number of tetrazole rings is 1. The van der Waals surface area contributed by atoms with Gasteiger partial charge in [-0.15, -0.1) is 5.10 Å². The van der Waals surface area contributed by atoms with Crippen molar-refractivity contribution in [3.8, 4) is 22.9 Å². The van der Waals surface area contributed by atoms with Gasteiger partial charge in [-0.1, -0.05) is 6.07 Å². The summed E-state index contributed by atoms with van der Waals surface area (Å²) in [5.41, 5.74) is 0.560. The van der Waals surface area contributed by atoms with Crippen LogP contribution in [0.3, 0.4) is 0 Å². The zero-order valence-electron chi connectivity index (χ0n) is 11.3. The molecule has 106 valence electrons. The van der Waals surface area contributed by atoms with Crippen LogP contribution in [0, 0.1) is 0 Å². The molecule has 1 unspecified atom stereocenters. The van der Waals surface area contributed by atoms with Crippen LogP contribution in [0.2, 0.25) is 0 Å². The summed E-state index contributed by atoms with van der Waals surface area (Å²) in [6, 6.07) is 4.33. The van der Waals surface area contributed by atoms with Gasteiger partial charge in [0.1, 0.15) is 0 Å². The lowest BCUT2D eigenvalue weighted by Crippen LogP contribution is -2.18. The maximum absolute atomic E-state index is 11.1. The molecule has 0 aliphatic carbocycles. The number of carboxylic acids is 1. The van der Waals surface area contributed by atoms with Crippen LogP contribution in [-0.2, 0) is 4.79 Å². The number of aliphatic carboxylic acids is 1. The molecule has 0 saturated heterocycles. The summed E-state index contributed by atoms with van der Waals surface area (Å²) >= 11 is 0. The Morgan fingerprint density at radius 3 is 2.70 bits per heavy atom. The Balaban J connectivity index is 2.58. The Morgan fingerprint density at radius 1 is 1.35 bits per heavy atom. The molecule has 2 rings (SSSR count). The smallest absolute Gasteiger partial charge is 0.328 e. The summed E-state index contributed by atoms with van der Waals surface area (Å²) in [4.78, 5) is 11.1. The minimum atomic E-state index is -1.03. The number of carbonyl (C=O) groups is 1. The van der Waals surface area contributed by atoms with Gasteiger partial charge in [-0.05, 0) is 29.5 Å². The van der Waals surface area contributed by atoms with Gasteiger partial charge in [-0.2, -0.15) is 0 Å². The van der Waals surface area contributed by atoms with Gasteiger partial charge in [0.05, 0.1) is 19.8 Å². The van der Waals surface area contributed by atoms with Crippen molar-refractivity contribution >= 4 is 5.97 Å². The molecule has 1 N–H and O–H groups in total. The predicted octanol–water partition coefficient (Wildman–Crippen LogP) is 1.00. The van der Waals surface area contributed by atoms with Gasteiger partial charge < -0.3 is 14.6 Å². The quantitative estimate of drug-likeness (QED) is 0.870. The summed E-state index contributed by atoms with van der Waals surface area (Å²) in [6.07, 6.45) is 0. The first-order chi connectivity index (χ1) is 9.60. The fourth-order valence-electron chi connectivity index (χ4n) is 1.80. The number of ether oxygens (including phenoxy) is 2. The second kappa shape index (κ2) is 5.55. The molecule has 2 aromatic rings. The van der Waals surface area contributed by atoms with E-state index in [4.69, 9.17) is 14.6 Å². The number of nitrogens with zero attached hydrogens (tertiary/aromatic N) is 4. The van der Waals surface area contributed by atoms with Crippen molar-refractivity contribution < 1.29 is 19.4 Å². The molecule has 0 aliphatic heterocycles. The molecule has 20 heavy (non-hydrogen) atoms. The monoisotopic (exact) mass is 278 g/mol. The lowest BCUT2D eigenvalue weighted by atomic mass is 10.1. The van der Waals surface area contributed by atoms with E-state index in [9.17, 15) is 4.79 Å². The molecule has 0 fully saturated rings. The molecule has 1 aromatic heterocycles. The molecule has 8 nitrogen and oxygen atoms in total. The number of hydrogen-bond acceptors (Lipinski definition) is 6. The van der Waals surface area contributed by atoms with Gasteiger partial charge in [0.25, 0.3) is 0 Å². The minimum Gasteiger partial charge on any atom is -0.493 e. The summed E-state index contributed by atoms with van der Waals surface area (Å²) in [5.74, 6) is 0.238. The van der Waals surface area contributed by atoms with Crippen molar-refractivity contribution in [2.45, 2.75) is 13.0 Å². The lowest BCUT2D eigenvalue weighted by molar-refractivity contribution is -0.140. The average Bonchev–Trinajstić information content (AvgIpc) is 2.94. The number of methoxy groups -OCH3 is 2. The molecule has 1 heterocycles. The minimum absolute atomic E-state index is 0.302. The molecule has 0 aliphatic rings. The van der Waals surface area contributed by atoms with Gasteiger partial charge in [0, 0.05) is 0 Å². The van der Waals surface area contributed by atoms with Crippen LogP contribution in [0.1, 0.15) is 13.0 Å². The van der Waals surface area contributed by atoms with Crippen molar-refractivity contribution in [3.05, 3.63) is 18.2 Å². The number of carboxylic acid groups (broad SMARTS) is 1. The van der Waals surface area contributed by atoms with E-state index < -0.39 is 12.0 Å². The van der Waals surface area contributed by atoms with Gasteiger partial charge in [-0.3, -0.25) is 0 Å². The molecule has 0 amide bonds. The Labute approximate surface area is 114 Å². The van der Waals surface area contributed by atoms with Crippen LogP contribution >= 0.6 is 0 Å². The molecule has 1 aromatic carbocycles. The van der Waals surface area contributed by atoms with E-state index in [2.05, 4.69) is 15.5 Å². The van der Waals surface area contributed by atoms with E-state index in [-0.39, 0.29) is 0 Å². The number of para-hydroxylation sites is 1. The van der Waals surface area contributed by atoms with Gasteiger partial charge in [0.15, 0.2) is 23.4 Å². The first-order valence-electron chi connectivity index (χ1n) is 5.82. The molecular weight excluding hydrogens is 264 g/mol. The molecule has 8 heteroatoms. The van der Waals surface area contributed by atoms with E-state index in [1.807, 2.05) is 0 Å². The summed E-state index contributed by atoms with van der Waals surface area (Å²) in [7, 11) is 3.01. The van der Waals surface area contributed by atoms with Crippen LogP contribution in [0.5, 0.6) is 11.5 Å². The van der Waals surface area contributed by atoms with Crippen LogP contribution < -0.4 is 9.47 Å². The van der Waals surface area contributed by atoms with Crippen molar-refractivity contribution in [2.75, 3.05) is 14.2 Å². The molecule has 0 spiro atoms. The van der Waals surface area contributed by atoms with E-state index in [0.717, 1.165) is 0 Å². The zero-order valence-corrected chi connectivity index (χ0v) is 11.3. The van der Waals surface area contributed by atoms with Crippen molar-refractivity contribution in [1.29, 1.82) is 0 Å². The average molecular weight is 278 g/mol. The summed E-state index contributed by atoms with van der Waals surface area (Å²) in [6.45, 7) is 1.49. The normalized spacial score (nSPS) is 11.9. The summed E-state index contributed by atoms with van der Waals surface area (Å²) < 4.78 is 11.7. The van der Waals surface area contributed by atoms with Crippen LogP contribution in [-0.4, -0.2) is 45.5 Å². The van der Waals surface area contributed by atoms with E-state index in [1.54, 1.807) is 18.2 Å². The Kier molecular flexibility index (Phi) is 3.83. The number of benzene rings is 1. The molecular formula is C12H14N4O4. The summed E-state index contributed by atoms with van der Waals surface area (Å²) in [5, 5.41) is 20.2. The highest BCUT2D eigenvalue weighted by Crippen LogP contribution is 2.37. The molecule has 1 atom stereocenters. The third kappa shape index (κ3) is 2.27. The standard InChI is InChI=1S/C12H14N4O4/c1-7(12(17)18)16-11(13-14-15-16)8-5-4-6-9(19-2)10(8)20-3/h4-7H,1-3H3,(H,17,18). The van der Waals surface area contributed by atoms with E-state index in [1.165, 1.54) is 25.8 Å². The number of aromatic nitrogens is 4. The van der Waals surface area contributed by atoms with Crippen LogP contribution in [0.15, 0.2) is 18.2 Å². The van der Waals surface area contributed by atoms with Gasteiger partial charge in [-0.25, -0.2) is 9.48 Å². The lowest BCUT2D eigenvalue weighted by Gasteiger charge is -2.13. The van der Waals surface area contributed by atoms with Crippen LogP contribution in [0.4, 0.5) is 0 Å². The number of rotatable bonds is 5. The fourth-order valence-corrected chi connectivity index (χ4v) is 1.80. The Morgan fingerprint density at radius 2 is 2.10 bits per heavy atom. The number of hydrogen-bond donors (Lipinski definition) is 1. The molecule has 0 radical (unpaired) electrons. The van der Waals surface area contributed by atoms with Crippen LogP contribution in [0.25, 0.3) is 11.4 Å². The Hall–Kier alpha value is -2.64. The highest BCUT2D eigenvalue weighted by molar-refractivity contribution is 5.74. The van der Waals surface area contributed by atoms with E-state index >= 15 is 0 Å². The first-order valence-corrected chi connectivity index (χ1v) is 5.82. The zero-order chi connectivity index (χ0) is 14.7. The Bertz CT molecular complexity index is 626. The van der Waals surface area contributed by atoms with E-state index in [0.29, 0.717) is 22.9 Å². The maximum atomic E-state index is 11.1. The highest BCUT2D eigenvalue weighted by Gasteiger charge is 2.23. The second-order valence-electron chi connectivity index (χ2n) is 4.00. The topological polar surface area (TPSA) is 99.4 Å². The van der Waals surface area contributed by atoms with Crippen molar-refractivity contribution in [1.82, 2.24) is 20.2 Å². The molecule has 0 bridgehead atoms. The highest BCUT2D eigenvalue weighted by atomic mass is 16.5. The second-order valence-corrected chi connectivity index (χ2v) is 4.00. The van der Waals surface area contributed by atoms with Crippen molar-refractivity contribution in [2.24, 2.45) is 0 Å². The van der Waals surface area contributed by atoms with Gasteiger partial charge >= 0.3 is 5.97 Å². The fraction of sp³-hybridized carbons (Fsp3) is 0.333. The first kappa shape index (κ1) is 13.8. The largest absolute Gasteiger partial charge is 0.493 e. The van der Waals surface area contributed by atoms with Gasteiger partial charge in [0.2, 0.25) is 0 Å². The third-order valence-electron chi connectivity index (χ3n) is 2.86. The van der Waals surface area contributed by atoms with Crippen molar-refractivity contribution in [3.63, 3.8) is 0 Å². The maximum Gasteiger partial charge on any atom is 0.328 e. The molecule has 0 saturated carbocycles. The predicted molar refractivity (Wildman–Crippen MR) is 68.7 cm³/mol.